The van der Waals surface area contributed by atoms with Gasteiger partial charge in [-0.1, -0.05) is 18.2 Å². The quantitative estimate of drug-likeness (QED) is 0.293. The van der Waals surface area contributed by atoms with E-state index in [9.17, 15) is 13.2 Å². The third-order valence-corrected chi connectivity index (χ3v) is 4.83. The number of fused-ring (bicyclic) bond motifs is 2. The van der Waals surface area contributed by atoms with Crippen molar-refractivity contribution in [2.45, 2.75) is 4.90 Å². The fraction of sp³-hybridized carbons (Fsp3) is 0. The van der Waals surface area contributed by atoms with Crippen LogP contribution in [0.1, 0.15) is 10.4 Å². The molecule has 1 aliphatic rings. The molecule has 0 atom stereocenters. The van der Waals surface area contributed by atoms with E-state index in [4.69, 9.17) is 8.92 Å². The lowest BCUT2D eigenvalue weighted by Crippen LogP contribution is -2.21. The maximum Gasteiger partial charge on any atom is 0.345 e. The summed E-state index contributed by atoms with van der Waals surface area (Å²) in [4.78, 5) is 11.9. The molecule has 0 fully saturated rings. The normalized spacial score (nSPS) is 15.9. The van der Waals surface area contributed by atoms with Crippen molar-refractivity contribution in [1.82, 2.24) is 0 Å². The summed E-state index contributed by atoms with van der Waals surface area (Å²) in [5, 5.41) is 0. The van der Waals surface area contributed by atoms with Crippen molar-refractivity contribution < 1.29 is 22.1 Å². The molecule has 0 aromatic heterocycles. The molecule has 3 rings (SSSR count). The molecule has 2 aromatic rings. The van der Waals surface area contributed by atoms with Crippen molar-refractivity contribution >= 4 is 38.7 Å². The van der Waals surface area contributed by atoms with Crippen LogP contribution >= 0.6 is 22.6 Å². The minimum absolute atomic E-state index is 0.0240. The van der Waals surface area contributed by atoms with Gasteiger partial charge in [-0.3, -0.25) is 0 Å². The molecule has 0 saturated carbocycles. The van der Waals surface area contributed by atoms with E-state index in [0.29, 0.717) is 3.57 Å². The van der Waals surface area contributed by atoms with Gasteiger partial charge in [0.05, 0.1) is 9.13 Å². The van der Waals surface area contributed by atoms with Gasteiger partial charge in [-0.25, -0.2) is 4.79 Å². The van der Waals surface area contributed by atoms with Crippen LogP contribution in [-0.4, -0.2) is 14.4 Å². The van der Waals surface area contributed by atoms with Crippen LogP contribution in [-0.2, 0) is 10.1 Å². The summed E-state index contributed by atoms with van der Waals surface area (Å²) in [5.41, 5.74) is -0.0444. The van der Waals surface area contributed by atoms with Crippen LogP contribution in [0.2, 0.25) is 0 Å². The van der Waals surface area contributed by atoms with Crippen LogP contribution in [0.5, 0.6) is 11.5 Å². The highest BCUT2D eigenvalue weighted by atomic mass is 127. The van der Waals surface area contributed by atoms with Gasteiger partial charge in [0.25, 0.3) is 0 Å². The Balaban J connectivity index is 2.28. The van der Waals surface area contributed by atoms with Gasteiger partial charge in [0.2, 0.25) is 0 Å². The van der Waals surface area contributed by atoms with Gasteiger partial charge in [-0.15, -0.1) is 0 Å². The summed E-state index contributed by atoms with van der Waals surface area (Å²) in [6, 6.07) is 10.6. The van der Waals surface area contributed by atoms with Gasteiger partial charge in [-0.05, 0) is 46.9 Å². The van der Waals surface area contributed by atoms with Crippen molar-refractivity contribution in [2.24, 2.45) is 0 Å². The van der Waals surface area contributed by atoms with Gasteiger partial charge >= 0.3 is 16.1 Å². The first-order valence-electron chi connectivity index (χ1n) is 5.53. The van der Waals surface area contributed by atoms with E-state index >= 15 is 0 Å². The van der Waals surface area contributed by atoms with Crippen molar-refractivity contribution in [3.05, 3.63) is 51.6 Å². The monoisotopic (exact) mass is 402 g/mol. The molecule has 0 N–H and O–H groups in total. The number of halogens is 1. The maximum atomic E-state index is 12.3. The average molecular weight is 402 g/mol. The zero-order chi connectivity index (χ0) is 14.3. The number of carbonyl (C=O) groups is 1. The van der Waals surface area contributed by atoms with Gasteiger partial charge in [0.15, 0.2) is 11.5 Å². The van der Waals surface area contributed by atoms with Gasteiger partial charge in [0, 0.05) is 0 Å². The van der Waals surface area contributed by atoms with Crippen LogP contribution in [0.15, 0.2) is 47.4 Å². The molecule has 1 heterocycles. The summed E-state index contributed by atoms with van der Waals surface area (Å²) in [7, 11) is -4.08. The van der Waals surface area contributed by atoms with Crippen LogP contribution in [0.25, 0.3) is 0 Å². The topological polar surface area (TPSA) is 69.7 Å². The van der Waals surface area contributed by atoms with Crippen LogP contribution in [0.4, 0.5) is 0 Å². The highest BCUT2D eigenvalue weighted by Gasteiger charge is 2.30. The SMILES string of the molecule is O=C1Oc2cccc(I)c2OS(=O)(=O)c2ccccc21. The zero-order valence-corrected chi connectivity index (χ0v) is 12.8. The van der Waals surface area contributed by atoms with Crippen molar-refractivity contribution in [1.29, 1.82) is 0 Å². The average Bonchev–Trinajstić information content (AvgIpc) is 2.41. The first-order valence-corrected chi connectivity index (χ1v) is 8.02. The van der Waals surface area contributed by atoms with Crippen LogP contribution in [0, 0.1) is 3.57 Å². The number of benzene rings is 2. The molecule has 0 aliphatic carbocycles. The molecule has 102 valence electrons. The molecule has 7 heteroatoms. The van der Waals surface area contributed by atoms with E-state index < -0.39 is 16.1 Å². The first kappa shape index (κ1) is 13.4. The summed E-state index contributed by atoms with van der Waals surface area (Å²) >= 11 is 1.92. The number of ether oxygens (including phenoxy) is 1. The first-order chi connectivity index (χ1) is 9.49. The number of para-hydroxylation sites is 1. The van der Waals surface area contributed by atoms with Crippen molar-refractivity contribution in [3.63, 3.8) is 0 Å². The summed E-state index contributed by atoms with van der Waals surface area (Å²) in [6.07, 6.45) is 0. The number of esters is 1. The van der Waals surface area contributed by atoms with E-state index in [-0.39, 0.29) is 22.0 Å². The Kier molecular flexibility index (Phi) is 3.17. The molecule has 0 bridgehead atoms. The molecule has 0 amide bonds. The second-order valence-corrected chi connectivity index (χ2v) is 6.67. The lowest BCUT2D eigenvalue weighted by atomic mass is 10.2. The molecule has 1 aliphatic heterocycles. The predicted octanol–water partition coefficient (Wildman–Crippen LogP) is 2.59. The fourth-order valence-electron chi connectivity index (χ4n) is 1.81. The molecule has 5 nitrogen and oxygen atoms in total. The van der Waals surface area contributed by atoms with E-state index in [1.807, 2.05) is 22.6 Å². The molecule has 2 aromatic carbocycles. The minimum Gasteiger partial charge on any atom is -0.419 e. The molecule has 20 heavy (non-hydrogen) atoms. The highest BCUT2D eigenvalue weighted by Crippen LogP contribution is 2.37. The number of hydrogen-bond donors (Lipinski definition) is 0. The van der Waals surface area contributed by atoms with Crippen LogP contribution in [0.3, 0.4) is 0 Å². The summed E-state index contributed by atoms with van der Waals surface area (Å²) in [6.45, 7) is 0. The van der Waals surface area contributed by atoms with E-state index in [1.54, 1.807) is 18.2 Å². The molecular weight excluding hydrogens is 395 g/mol. The Morgan fingerprint density at radius 2 is 1.75 bits per heavy atom. The largest absolute Gasteiger partial charge is 0.419 e. The third kappa shape index (κ3) is 2.16. The lowest BCUT2D eigenvalue weighted by molar-refractivity contribution is 0.0724. The molecule has 0 radical (unpaired) electrons. The Hall–Kier alpha value is -1.61. The Morgan fingerprint density at radius 1 is 1.00 bits per heavy atom. The van der Waals surface area contributed by atoms with E-state index in [1.165, 1.54) is 24.3 Å². The summed E-state index contributed by atoms with van der Waals surface area (Å²) < 4.78 is 35.4. The molecule has 0 unspecified atom stereocenters. The van der Waals surface area contributed by atoms with Gasteiger partial charge in [-0.2, -0.15) is 8.42 Å². The number of hydrogen-bond acceptors (Lipinski definition) is 5. The standard InChI is InChI=1S/C13H7IO5S/c14-9-5-3-6-10-12(9)19-20(16,17)11-7-2-1-4-8(11)13(15)18-10/h1-7H. The lowest BCUT2D eigenvalue weighted by Gasteiger charge is -2.17. The number of rotatable bonds is 0. The predicted molar refractivity (Wildman–Crippen MR) is 78.4 cm³/mol. The minimum atomic E-state index is -4.08. The molecular formula is C13H7IO5S. The molecule has 0 spiro atoms. The van der Waals surface area contributed by atoms with E-state index in [0.717, 1.165) is 0 Å². The van der Waals surface area contributed by atoms with E-state index in [2.05, 4.69) is 0 Å². The van der Waals surface area contributed by atoms with Crippen LogP contribution < -0.4 is 8.92 Å². The second kappa shape index (κ2) is 4.74. The Bertz CT molecular complexity index is 813. The third-order valence-electron chi connectivity index (χ3n) is 2.70. The summed E-state index contributed by atoms with van der Waals surface area (Å²) in [5.74, 6) is -0.619. The second-order valence-electron chi connectivity index (χ2n) is 3.99. The number of carbonyl (C=O) groups excluding carboxylic acids is 1. The van der Waals surface area contributed by atoms with Crippen molar-refractivity contribution in [3.8, 4) is 11.5 Å². The van der Waals surface area contributed by atoms with Gasteiger partial charge in [0.1, 0.15) is 4.90 Å². The zero-order valence-electron chi connectivity index (χ0n) is 9.87. The van der Waals surface area contributed by atoms with Crippen molar-refractivity contribution in [2.75, 3.05) is 0 Å². The Morgan fingerprint density at radius 3 is 2.55 bits per heavy atom. The molecule has 0 saturated heterocycles. The smallest absolute Gasteiger partial charge is 0.345 e. The Labute approximate surface area is 128 Å². The fourth-order valence-corrected chi connectivity index (χ4v) is 3.69. The maximum absolute atomic E-state index is 12.3. The highest BCUT2D eigenvalue weighted by molar-refractivity contribution is 14.1. The van der Waals surface area contributed by atoms with Gasteiger partial charge < -0.3 is 8.92 Å².